The third-order valence-corrected chi connectivity index (χ3v) is 6.47. The standard InChI is InChI=1S/C24H32F2N2O6/c1-7-23(8-2,9-3)34-20(31)27-18(16-10-12-17(25)13-11-16)24(26,15(4)29)19(30)28-21(32)33-14-22(28,5)6/h10-13,18H,7-9,14H2,1-6H3,(H,27,31)/t18-,24+/m1/s1. The lowest BCUT2D eigenvalue weighted by Gasteiger charge is -2.37. The van der Waals surface area contributed by atoms with Crippen molar-refractivity contribution in [2.24, 2.45) is 0 Å². The van der Waals surface area contributed by atoms with Gasteiger partial charge in [-0.25, -0.2) is 23.3 Å². The number of carbonyl (C=O) groups excluding carboxylic acids is 4. The largest absolute Gasteiger partial charge is 0.447 e. The molecule has 0 spiro atoms. The van der Waals surface area contributed by atoms with Gasteiger partial charge >= 0.3 is 12.2 Å². The highest BCUT2D eigenvalue weighted by atomic mass is 19.1. The molecule has 1 heterocycles. The fourth-order valence-corrected chi connectivity index (χ4v) is 3.99. The summed E-state index contributed by atoms with van der Waals surface area (Å²) in [5.74, 6) is -3.39. The highest BCUT2D eigenvalue weighted by molar-refractivity contribution is 6.14. The van der Waals surface area contributed by atoms with E-state index in [1.54, 1.807) is 0 Å². The van der Waals surface area contributed by atoms with Crippen molar-refractivity contribution in [3.8, 4) is 0 Å². The van der Waals surface area contributed by atoms with Crippen LogP contribution in [-0.2, 0) is 19.1 Å². The molecule has 10 heteroatoms. The van der Waals surface area contributed by atoms with E-state index in [0.29, 0.717) is 24.2 Å². The van der Waals surface area contributed by atoms with E-state index in [2.05, 4.69) is 5.32 Å². The summed E-state index contributed by atoms with van der Waals surface area (Å²) in [6.45, 7) is 9.08. The van der Waals surface area contributed by atoms with Gasteiger partial charge in [0.1, 0.15) is 24.1 Å². The van der Waals surface area contributed by atoms with Crippen molar-refractivity contribution in [2.75, 3.05) is 6.61 Å². The van der Waals surface area contributed by atoms with Crippen molar-refractivity contribution in [1.29, 1.82) is 0 Å². The maximum Gasteiger partial charge on any atom is 0.417 e. The van der Waals surface area contributed by atoms with Crippen LogP contribution in [0.3, 0.4) is 0 Å². The Balaban J connectivity index is 2.57. The second-order valence-corrected chi connectivity index (χ2v) is 9.04. The van der Waals surface area contributed by atoms with E-state index < -0.39 is 52.5 Å². The van der Waals surface area contributed by atoms with E-state index >= 15 is 4.39 Å². The molecule has 0 aromatic heterocycles. The first kappa shape index (κ1) is 27.2. The monoisotopic (exact) mass is 482 g/mol. The van der Waals surface area contributed by atoms with Crippen molar-refractivity contribution < 1.29 is 37.4 Å². The molecule has 8 nitrogen and oxygen atoms in total. The summed E-state index contributed by atoms with van der Waals surface area (Å²) in [5.41, 5.74) is -5.55. The van der Waals surface area contributed by atoms with E-state index in [9.17, 15) is 23.6 Å². The van der Waals surface area contributed by atoms with Crippen LogP contribution in [0.4, 0.5) is 18.4 Å². The predicted molar refractivity (Wildman–Crippen MR) is 119 cm³/mol. The van der Waals surface area contributed by atoms with Gasteiger partial charge in [-0.15, -0.1) is 0 Å². The summed E-state index contributed by atoms with van der Waals surface area (Å²) < 4.78 is 40.7. The van der Waals surface area contributed by atoms with Gasteiger partial charge in [-0.2, -0.15) is 0 Å². The smallest absolute Gasteiger partial charge is 0.417 e. The molecule has 0 aliphatic carbocycles. The molecule has 0 unspecified atom stereocenters. The number of rotatable bonds is 9. The lowest BCUT2D eigenvalue weighted by atomic mass is 9.84. The Morgan fingerprint density at radius 2 is 1.68 bits per heavy atom. The SMILES string of the molecule is CCC(CC)(CC)OC(=O)N[C@H](c1ccc(F)cc1)[C@@](F)(C(C)=O)C(=O)N1C(=O)OCC1(C)C. The third-order valence-electron chi connectivity index (χ3n) is 6.47. The first-order valence-electron chi connectivity index (χ1n) is 11.2. The van der Waals surface area contributed by atoms with Crippen molar-refractivity contribution in [2.45, 2.75) is 83.7 Å². The zero-order chi connectivity index (χ0) is 25.9. The van der Waals surface area contributed by atoms with Crippen molar-refractivity contribution in [3.05, 3.63) is 35.6 Å². The summed E-state index contributed by atoms with van der Waals surface area (Å²) in [4.78, 5) is 51.8. The van der Waals surface area contributed by atoms with Gasteiger partial charge in [0.05, 0.1) is 5.54 Å². The minimum atomic E-state index is -3.41. The second-order valence-electron chi connectivity index (χ2n) is 9.04. The van der Waals surface area contributed by atoms with Crippen LogP contribution < -0.4 is 5.32 Å². The number of hydrogen-bond donors (Lipinski definition) is 1. The van der Waals surface area contributed by atoms with Gasteiger partial charge in [-0.3, -0.25) is 9.59 Å². The van der Waals surface area contributed by atoms with Gasteiger partial charge in [0.2, 0.25) is 0 Å². The van der Waals surface area contributed by atoms with E-state index in [1.807, 2.05) is 20.8 Å². The van der Waals surface area contributed by atoms with Gasteiger partial charge < -0.3 is 14.8 Å². The van der Waals surface area contributed by atoms with Gasteiger partial charge in [0.15, 0.2) is 5.78 Å². The number of benzene rings is 1. The topological polar surface area (TPSA) is 102 Å². The van der Waals surface area contributed by atoms with Gasteiger partial charge in [0, 0.05) is 0 Å². The number of alkyl carbamates (subject to hydrolysis) is 1. The molecule has 188 valence electrons. The first-order chi connectivity index (χ1) is 15.8. The molecule has 1 fully saturated rings. The Kier molecular flexibility index (Phi) is 8.06. The van der Waals surface area contributed by atoms with Crippen LogP contribution >= 0.6 is 0 Å². The molecule has 1 aliphatic heterocycles. The van der Waals surface area contributed by atoms with Gasteiger partial charge in [-0.05, 0) is 57.7 Å². The Hall–Kier alpha value is -3.04. The molecule has 1 aromatic rings. The van der Waals surface area contributed by atoms with Crippen LogP contribution in [0.25, 0.3) is 0 Å². The fourth-order valence-electron chi connectivity index (χ4n) is 3.99. The van der Waals surface area contributed by atoms with Crippen LogP contribution in [0, 0.1) is 5.82 Å². The third kappa shape index (κ3) is 5.05. The maximum absolute atomic E-state index is 16.7. The minimum absolute atomic E-state index is 0.0649. The summed E-state index contributed by atoms with van der Waals surface area (Å²) in [5, 5.41) is 2.30. The number of nitrogens with one attached hydrogen (secondary N) is 1. The van der Waals surface area contributed by atoms with E-state index in [1.165, 1.54) is 13.8 Å². The average Bonchev–Trinajstić information content (AvgIpc) is 3.07. The molecule has 1 aromatic carbocycles. The Morgan fingerprint density at radius 1 is 1.15 bits per heavy atom. The molecule has 1 N–H and O–H groups in total. The molecule has 2 atom stereocenters. The number of halogens is 2. The van der Waals surface area contributed by atoms with E-state index in [0.717, 1.165) is 31.2 Å². The first-order valence-corrected chi connectivity index (χ1v) is 11.2. The summed E-state index contributed by atoms with van der Waals surface area (Å²) in [6, 6.07) is 2.39. The normalized spacial score (nSPS) is 18.0. The number of cyclic esters (lactones) is 1. The minimum Gasteiger partial charge on any atom is -0.447 e. The lowest BCUT2D eigenvalue weighted by Crippen LogP contribution is -2.61. The highest BCUT2D eigenvalue weighted by Gasteiger charge is 2.60. The number of hydrogen-bond acceptors (Lipinski definition) is 6. The number of alkyl halides is 1. The number of carbonyl (C=O) groups is 4. The molecular formula is C24H32F2N2O6. The molecule has 3 amide bonds. The summed E-state index contributed by atoms with van der Waals surface area (Å²) >= 11 is 0. The lowest BCUT2D eigenvalue weighted by molar-refractivity contribution is -0.153. The fraction of sp³-hybridized carbons (Fsp3) is 0.583. The number of ketones is 1. The number of nitrogens with zero attached hydrogens (tertiary/aromatic N) is 1. The molecular weight excluding hydrogens is 450 g/mol. The van der Waals surface area contributed by atoms with Crippen molar-refractivity contribution in [1.82, 2.24) is 10.2 Å². The zero-order valence-electron chi connectivity index (χ0n) is 20.4. The quantitative estimate of drug-likeness (QED) is 0.516. The Morgan fingerprint density at radius 3 is 2.09 bits per heavy atom. The molecule has 2 rings (SSSR count). The molecule has 1 saturated heterocycles. The second kappa shape index (κ2) is 10.1. The van der Waals surface area contributed by atoms with Gasteiger partial charge in [0.25, 0.3) is 11.6 Å². The van der Waals surface area contributed by atoms with Crippen LogP contribution in [0.15, 0.2) is 24.3 Å². The Bertz CT molecular complexity index is 937. The van der Waals surface area contributed by atoms with Crippen LogP contribution in [0.2, 0.25) is 0 Å². The number of ether oxygens (including phenoxy) is 2. The van der Waals surface area contributed by atoms with Crippen LogP contribution in [0.1, 0.15) is 72.4 Å². The number of Topliss-reactive ketones (excluding diaryl/α,β-unsaturated/α-hetero) is 1. The van der Waals surface area contributed by atoms with E-state index in [-0.39, 0.29) is 12.2 Å². The van der Waals surface area contributed by atoms with E-state index in [4.69, 9.17) is 9.47 Å². The number of imide groups is 1. The molecule has 0 bridgehead atoms. The van der Waals surface area contributed by atoms with Crippen LogP contribution in [0.5, 0.6) is 0 Å². The molecule has 34 heavy (non-hydrogen) atoms. The maximum atomic E-state index is 16.7. The highest BCUT2D eigenvalue weighted by Crippen LogP contribution is 2.37. The average molecular weight is 483 g/mol. The molecule has 1 aliphatic rings. The predicted octanol–water partition coefficient (Wildman–Crippen LogP) is 4.62. The summed E-state index contributed by atoms with van der Waals surface area (Å²) in [6.07, 6.45) is -0.724. The van der Waals surface area contributed by atoms with Crippen LogP contribution in [-0.4, -0.2) is 52.2 Å². The van der Waals surface area contributed by atoms with Gasteiger partial charge in [-0.1, -0.05) is 32.9 Å². The van der Waals surface area contributed by atoms with Crippen molar-refractivity contribution >= 4 is 23.9 Å². The Labute approximate surface area is 198 Å². The zero-order valence-corrected chi connectivity index (χ0v) is 20.4. The number of amides is 3. The molecule has 0 radical (unpaired) electrons. The molecule has 0 saturated carbocycles. The van der Waals surface area contributed by atoms with Crippen molar-refractivity contribution in [3.63, 3.8) is 0 Å². The summed E-state index contributed by atoms with van der Waals surface area (Å²) in [7, 11) is 0.